The Morgan fingerprint density at radius 2 is 1.63 bits per heavy atom. The number of benzene rings is 2. The Labute approximate surface area is 220 Å². The molecule has 1 saturated carbocycles. The maximum absolute atomic E-state index is 13.6. The van der Waals surface area contributed by atoms with Crippen LogP contribution in [-0.2, 0) is 30.3 Å². The third-order valence-corrected chi connectivity index (χ3v) is 6.94. The van der Waals surface area contributed by atoms with Crippen molar-refractivity contribution in [2.24, 2.45) is 11.8 Å². The lowest BCUT2D eigenvalue weighted by atomic mass is 9.92. The number of amides is 2. The van der Waals surface area contributed by atoms with Crippen LogP contribution in [-0.4, -0.2) is 64.4 Å². The van der Waals surface area contributed by atoms with Gasteiger partial charge >= 0.3 is 11.9 Å². The average Bonchev–Trinajstić information content (AvgIpc) is 3.74. The molecule has 4 N–H and O–H groups in total. The molecule has 1 aliphatic heterocycles. The number of ether oxygens (including phenoxy) is 2. The molecule has 1 saturated heterocycles. The van der Waals surface area contributed by atoms with Crippen molar-refractivity contribution in [1.82, 2.24) is 10.6 Å². The van der Waals surface area contributed by atoms with E-state index < -0.39 is 60.1 Å². The zero-order chi connectivity index (χ0) is 27.4. The van der Waals surface area contributed by atoms with Gasteiger partial charge in [0.15, 0.2) is 0 Å². The Kier molecular flexibility index (Phi) is 8.31. The van der Waals surface area contributed by atoms with Crippen LogP contribution >= 0.6 is 0 Å². The Morgan fingerprint density at radius 1 is 0.974 bits per heavy atom. The van der Waals surface area contributed by atoms with Crippen LogP contribution in [0.15, 0.2) is 54.6 Å². The maximum Gasteiger partial charge on any atom is 0.348 e. The van der Waals surface area contributed by atoms with Crippen molar-refractivity contribution in [2.45, 2.75) is 63.5 Å². The molecule has 1 aliphatic carbocycles. The first-order chi connectivity index (χ1) is 18.2. The summed E-state index contributed by atoms with van der Waals surface area (Å²) in [5.41, 5.74) is 0.735. The molecule has 4 rings (SSSR count). The lowest BCUT2D eigenvalue weighted by molar-refractivity contribution is -0.178. The average molecular weight is 525 g/mol. The van der Waals surface area contributed by atoms with Gasteiger partial charge in [-0.1, -0.05) is 42.5 Å². The minimum atomic E-state index is -1.37. The maximum atomic E-state index is 13.6. The summed E-state index contributed by atoms with van der Waals surface area (Å²) in [6, 6.07) is 12.6. The minimum Gasteiger partial charge on any atom is -0.507 e. The van der Waals surface area contributed by atoms with Crippen molar-refractivity contribution in [2.75, 3.05) is 0 Å². The van der Waals surface area contributed by atoms with Gasteiger partial charge in [-0.3, -0.25) is 14.4 Å². The number of aliphatic hydroxyl groups is 1. The third-order valence-electron chi connectivity index (χ3n) is 6.94. The minimum absolute atomic E-state index is 0.0655. The number of hydrogen-bond acceptors (Lipinski definition) is 8. The highest BCUT2D eigenvalue weighted by molar-refractivity contribution is 6.00. The molecule has 202 valence electrons. The van der Waals surface area contributed by atoms with Crippen molar-refractivity contribution in [3.63, 3.8) is 0 Å². The molecule has 6 atom stereocenters. The van der Waals surface area contributed by atoms with Crippen LogP contribution in [0.2, 0.25) is 0 Å². The van der Waals surface area contributed by atoms with Crippen LogP contribution < -0.4 is 10.6 Å². The van der Waals surface area contributed by atoms with Gasteiger partial charge in [0.2, 0.25) is 12.0 Å². The smallest absolute Gasteiger partial charge is 0.348 e. The number of aromatic hydroxyl groups is 1. The molecular formula is C28H32N2O8. The number of aliphatic hydroxyl groups excluding tert-OH is 1. The summed E-state index contributed by atoms with van der Waals surface area (Å²) < 4.78 is 11.0. The van der Waals surface area contributed by atoms with E-state index in [-0.39, 0.29) is 23.7 Å². The van der Waals surface area contributed by atoms with Crippen LogP contribution in [0.3, 0.4) is 0 Å². The van der Waals surface area contributed by atoms with Crippen LogP contribution in [0.25, 0.3) is 0 Å². The molecule has 0 bridgehead atoms. The predicted molar refractivity (Wildman–Crippen MR) is 135 cm³/mol. The summed E-state index contributed by atoms with van der Waals surface area (Å²) in [5, 5.41) is 26.6. The van der Waals surface area contributed by atoms with Gasteiger partial charge in [-0.05, 0) is 50.8 Å². The Bertz CT molecular complexity index is 1180. The lowest BCUT2D eigenvalue weighted by Crippen LogP contribution is -2.59. The fourth-order valence-corrected chi connectivity index (χ4v) is 4.45. The molecule has 38 heavy (non-hydrogen) atoms. The highest BCUT2D eigenvalue weighted by Gasteiger charge is 2.45. The van der Waals surface area contributed by atoms with Crippen molar-refractivity contribution < 1.29 is 38.9 Å². The number of carbonyl (C=O) groups excluding carboxylic acids is 4. The van der Waals surface area contributed by atoms with Crippen molar-refractivity contribution in [3.8, 4) is 5.75 Å². The van der Waals surface area contributed by atoms with Crippen LogP contribution in [0.5, 0.6) is 5.75 Å². The van der Waals surface area contributed by atoms with E-state index in [4.69, 9.17) is 9.47 Å². The van der Waals surface area contributed by atoms with Gasteiger partial charge in [0.05, 0.1) is 23.6 Å². The van der Waals surface area contributed by atoms with E-state index >= 15 is 0 Å². The fourth-order valence-electron chi connectivity index (χ4n) is 4.45. The fraction of sp³-hybridized carbons (Fsp3) is 0.429. The second-order valence-electron chi connectivity index (χ2n) is 9.89. The quantitative estimate of drug-likeness (QED) is 0.430. The van der Waals surface area contributed by atoms with E-state index in [1.165, 1.54) is 26.0 Å². The molecule has 2 amide bonds. The van der Waals surface area contributed by atoms with Gasteiger partial charge in [-0.15, -0.1) is 0 Å². The zero-order valence-electron chi connectivity index (χ0n) is 21.2. The molecule has 2 aromatic rings. The Hall–Kier alpha value is -3.92. The number of rotatable bonds is 5. The second kappa shape index (κ2) is 11.6. The Balaban J connectivity index is 1.66. The first-order valence-corrected chi connectivity index (χ1v) is 12.7. The number of carbonyl (C=O) groups is 4. The topological polar surface area (TPSA) is 151 Å². The van der Waals surface area contributed by atoms with E-state index in [2.05, 4.69) is 10.6 Å². The summed E-state index contributed by atoms with van der Waals surface area (Å²) in [7, 11) is 0. The standard InChI is InChI=1S/C28H32N2O8/c1-15-23(32)20(14-17-8-4-3-5-9-17)29-26(34)22(30-25(33)19-10-6-7-11-21(19)31)16(2)37-28(36)24(18-12-13-18)38-27(15)35/h3-11,15-16,18,20,22-24,31-32H,12-14H2,1-2H3,(H,29,34)(H,30,33)/t15-,16-,20+,22+,23+,24?/m1/s1. The molecule has 2 fully saturated rings. The van der Waals surface area contributed by atoms with Gasteiger partial charge in [-0.25, -0.2) is 4.79 Å². The molecule has 10 nitrogen and oxygen atoms in total. The van der Waals surface area contributed by atoms with E-state index in [1.54, 1.807) is 12.1 Å². The number of phenolic OH excluding ortho intramolecular Hbond substituents is 1. The van der Waals surface area contributed by atoms with Gasteiger partial charge in [0.1, 0.15) is 17.9 Å². The van der Waals surface area contributed by atoms with Gasteiger partial charge in [0, 0.05) is 5.92 Å². The first kappa shape index (κ1) is 27.1. The number of para-hydroxylation sites is 1. The number of cyclic esters (lactones) is 2. The normalized spacial score (nSPS) is 28.7. The predicted octanol–water partition coefficient (Wildman–Crippen LogP) is 1.48. The number of esters is 2. The van der Waals surface area contributed by atoms with E-state index in [9.17, 15) is 29.4 Å². The molecule has 1 heterocycles. The van der Waals surface area contributed by atoms with Gasteiger partial charge < -0.3 is 30.3 Å². The molecule has 2 aliphatic rings. The summed E-state index contributed by atoms with van der Waals surface area (Å²) >= 11 is 0. The molecule has 10 heteroatoms. The zero-order valence-corrected chi connectivity index (χ0v) is 21.2. The number of nitrogens with one attached hydrogen (secondary N) is 2. The molecular weight excluding hydrogens is 492 g/mol. The Morgan fingerprint density at radius 3 is 2.29 bits per heavy atom. The van der Waals surface area contributed by atoms with Crippen molar-refractivity contribution >= 4 is 23.8 Å². The molecule has 1 unspecified atom stereocenters. The van der Waals surface area contributed by atoms with E-state index in [0.717, 1.165) is 5.56 Å². The molecule has 0 aromatic heterocycles. The van der Waals surface area contributed by atoms with Crippen LogP contribution in [0.1, 0.15) is 42.6 Å². The second-order valence-corrected chi connectivity index (χ2v) is 9.89. The van der Waals surface area contributed by atoms with Crippen molar-refractivity contribution in [3.05, 3.63) is 65.7 Å². The number of phenols is 1. The largest absolute Gasteiger partial charge is 0.507 e. The van der Waals surface area contributed by atoms with Crippen molar-refractivity contribution in [1.29, 1.82) is 0 Å². The summed E-state index contributed by atoms with van der Waals surface area (Å²) in [6.07, 6.45) is -2.17. The summed E-state index contributed by atoms with van der Waals surface area (Å²) in [4.78, 5) is 52.4. The van der Waals surface area contributed by atoms with Crippen LogP contribution in [0, 0.1) is 11.8 Å². The SMILES string of the molecule is C[C@H]1OC(=O)C(C2CC2)OC(=O)[C@H](C)[C@H](O)[C@H](Cc2ccccc2)NC(=O)[C@H]1NC(=O)c1ccccc1O. The third kappa shape index (κ3) is 6.31. The highest BCUT2D eigenvalue weighted by Crippen LogP contribution is 2.36. The lowest BCUT2D eigenvalue weighted by Gasteiger charge is -2.33. The highest BCUT2D eigenvalue weighted by atomic mass is 16.6. The molecule has 0 spiro atoms. The molecule has 0 radical (unpaired) electrons. The van der Waals surface area contributed by atoms with E-state index in [0.29, 0.717) is 12.8 Å². The molecule has 2 aromatic carbocycles. The monoisotopic (exact) mass is 524 g/mol. The van der Waals surface area contributed by atoms with Gasteiger partial charge in [0.25, 0.3) is 5.91 Å². The summed E-state index contributed by atoms with van der Waals surface area (Å²) in [6.45, 7) is 2.91. The van der Waals surface area contributed by atoms with Crippen LogP contribution in [0.4, 0.5) is 0 Å². The summed E-state index contributed by atoms with van der Waals surface area (Å²) in [5.74, 6) is -4.63. The van der Waals surface area contributed by atoms with Gasteiger partial charge in [-0.2, -0.15) is 0 Å². The first-order valence-electron chi connectivity index (χ1n) is 12.7. The van der Waals surface area contributed by atoms with E-state index in [1.807, 2.05) is 30.3 Å². The number of hydrogen-bond donors (Lipinski definition) is 4.